The van der Waals surface area contributed by atoms with Crippen molar-refractivity contribution in [3.8, 4) is 11.4 Å². The third kappa shape index (κ3) is 4.23. The Morgan fingerprint density at radius 2 is 1.94 bits per heavy atom. The van der Waals surface area contributed by atoms with Gasteiger partial charge in [0.1, 0.15) is 11.5 Å². The van der Waals surface area contributed by atoms with E-state index in [0.29, 0.717) is 5.56 Å². The molecular weight excluding hydrogens is 413 g/mol. The number of aromatic nitrogens is 4. The van der Waals surface area contributed by atoms with Gasteiger partial charge in [0.2, 0.25) is 0 Å². The van der Waals surface area contributed by atoms with Crippen LogP contribution in [0.15, 0.2) is 85.0 Å². The lowest BCUT2D eigenvalue weighted by Crippen LogP contribution is -1.92. The molecule has 0 fully saturated rings. The van der Waals surface area contributed by atoms with Gasteiger partial charge in [-0.15, -0.1) is 0 Å². The van der Waals surface area contributed by atoms with Crippen LogP contribution in [0, 0.1) is 12.7 Å². The number of hydrogen-bond acceptors (Lipinski definition) is 3. The maximum Gasteiger partial charge on any atom is 0.131 e. The Morgan fingerprint density at radius 3 is 2.67 bits per heavy atom. The van der Waals surface area contributed by atoms with Crippen molar-refractivity contribution in [2.45, 2.75) is 13.8 Å². The summed E-state index contributed by atoms with van der Waals surface area (Å²) in [5.74, 6) is -0.285. The van der Waals surface area contributed by atoms with Gasteiger partial charge >= 0.3 is 0 Å². The van der Waals surface area contributed by atoms with Gasteiger partial charge in [-0.05, 0) is 37.6 Å². The molecule has 5 nitrogen and oxygen atoms in total. The fraction of sp³-hybridized carbons (Fsp3) is 0.0741. The van der Waals surface area contributed by atoms with Crippen LogP contribution in [-0.2, 0) is 0 Å². The minimum atomic E-state index is -0.285. The second-order valence-corrected chi connectivity index (χ2v) is 7.39. The highest BCUT2D eigenvalue weighted by molar-refractivity contribution is 5.95. The summed E-state index contributed by atoms with van der Waals surface area (Å²) in [6, 6.07) is 10.7. The quantitative estimate of drug-likeness (QED) is 0.251. The molecule has 0 saturated heterocycles. The number of benzene rings is 1. The summed E-state index contributed by atoms with van der Waals surface area (Å²) in [6.45, 7) is 11.3. The molecule has 0 spiro atoms. The largest absolute Gasteiger partial charge is 0.357 e. The third-order valence-electron chi connectivity index (χ3n) is 5.31. The van der Waals surface area contributed by atoms with E-state index in [0.717, 1.165) is 50.5 Å². The van der Waals surface area contributed by atoms with Gasteiger partial charge in [-0.25, -0.2) is 4.39 Å². The number of aliphatic imine (C=N–C) groups is 1. The second-order valence-electron chi connectivity index (χ2n) is 7.39. The maximum atomic E-state index is 14.6. The van der Waals surface area contributed by atoms with E-state index in [2.05, 4.69) is 38.3 Å². The molecule has 33 heavy (non-hydrogen) atoms. The molecule has 0 aliphatic heterocycles. The predicted octanol–water partition coefficient (Wildman–Crippen LogP) is 6.64. The van der Waals surface area contributed by atoms with E-state index < -0.39 is 0 Å². The van der Waals surface area contributed by atoms with Gasteiger partial charge < -0.3 is 4.98 Å². The molecule has 3 aromatic heterocycles. The summed E-state index contributed by atoms with van der Waals surface area (Å²) >= 11 is 0. The van der Waals surface area contributed by atoms with E-state index >= 15 is 0 Å². The Balaban J connectivity index is 1.83. The number of aryl methyl sites for hydroxylation is 1. The zero-order valence-electron chi connectivity index (χ0n) is 18.6. The minimum absolute atomic E-state index is 0.285. The summed E-state index contributed by atoms with van der Waals surface area (Å²) in [4.78, 5) is 12.3. The topological polar surface area (TPSA) is 69.7 Å². The molecule has 0 amide bonds. The summed E-state index contributed by atoms with van der Waals surface area (Å²) in [5, 5.41) is 8.46. The SMILES string of the molecule is C=CC=N/C(=C\C)c1cc2c(-c3cc(/C(=C\C=C)c4ccccc4F)c(C)[nH]3)n[nH]c2cn1. The van der Waals surface area contributed by atoms with E-state index in [4.69, 9.17) is 0 Å². The van der Waals surface area contributed by atoms with Gasteiger partial charge in [0.05, 0.1) is 28.8 Å². The number of allylic oxidation sites excluding steroid dienone is 4. The highest BCUT2D eigenvalue weighted by Gasteiger charge is 2.18. The lowest BCUT2D eigenvalue weighted by Gasteiger charge is -2.08. The Morgan fingerprint density at radius 1 is 1.12 bits per heavy atom. The van der Waals surface area contributed by atoms with Crippen LogP contribution in [0.3, 0.4) is 0 Å². The van der Waals surface area contributed by atoms with Gasteiger partial charge in [-0.3, -0.25) is 15.1 Å². The molecule has 0 radical (unpaired) electrons. The molecule has 4 rings (SSSR count). The molecule has 1 aromatic carbocycles. The van der Waals surface area contributed by atoms with Crippen LogP contribution in [0.5, 0.6) is 0 Å². The minimum Gasteiger partial charge on any atom is -0.357 e. The lowest BCUT2D eigenvalue weighted by molar-refractivity contribution is 0.624. The molecule has 0 atom stereocenters. The van der Waals surface area contributed by atoms with Gasteiger partial charge in [-0.2, -0.15) is 5.10 Å². The first-order valence-electron chi connectivity index (χ1n) is 10.5. The van der Waals surface area contributed by atoms with Crippen LogP contribution >= 0.6 is 0 Å². The number of aromatic amines is 2. The number of hydrogen-bond donors (Lipinski definition) is 2. The summed E-state index contributed by atoms with van der Waals surface area (Å²) < 4.78 is 14.6. The first kappa shape index (κ1) is 21.9. The van der Waals surface area contributed by atoms with Crippen molar-refractivity contribution in [1.82, 2.24) is 20.2 Å². The molecule has 0 unspecified atom stereocenters. The molecule has 6 heteroatoms. The molecule has 3 heterocycles. The third-order valence-corrected chi connectivity index (χ3v) is 5.31. The summed E-state index contributed by atoms with van der Waals surface area (Å²) in [7, 11) is 0. The monoisotopic (exact) mass is 437 g/mol. The Labute approximate surface area is 191 Å². The highest BCUT2D eigenvalue weighted by Crippen LogP contribution is 2.34. The molecule has 0 aliphatic carbocycles. The smallest absolute Gasteiger partial charge is 0.131 e. The number of nitrogens with zero attached hydrogens (tertiary/aromatic N) is 3. The number of halogens is 1. The van der Waals surface area contributed by atoms with Crippen molar-refractivity contribution in [3.05, 3.63) is 108 Å². The van der Waals surface area contributed by atoms with Crippen LogP contribution in [0.4, 0.5) is 4.39 Å². The van der Waals surface area contributed by atoms with Crippen molar-refractivity contribution in [1.29, 1.82) is 0 Å². The Bertz CT molecular complexity index is 1430. The fourth-order valence-corrected chi connectivity index (χ4v) is 3.77. The molecular formula is C27H24FN5. The number of rotatable bonds is 7. The summed E-state index contributed by atoms with van der Waals surface area (Å²) in [6.07, 6.45) is 10.4. The first-order valence-corrected chi connectivity index (χ1v) is 10.5. The van der Waals surface area contributed by atoms with Crippen molar-refractivity contribution in [2.24, 2.45) is 4.99 Å². The van der Waals surface area contributed by atoms with E-state index in [9.17, 15) is 4.39 Å². The van der Waals surface area contributed by atoms with Crippen LogP contribution in [0.2, 0.25) is 0 Å². The average molecular weight is 438 g/mol. The fourth-order valence-electron chi connectivity index (χ4n) is 3.77. The van der Waals surface area contributed by atoms with E-state index in [1.165, 1.54) is 6.07 Å². The van der Waals surface area contributed by atoms with Crippen molar-refractivity contribution >= 4 is 28.4 Å². The standard InChI is InChI=1S/C27H24FN5/c1-5-10-18(19-11-8-9-12-22(19)28)20-14-25(31-17(20)4)27-21-15-24(23(7-3)29-13-6-2)30-16-26(21)32-33-27/h5-16,31H,1-2H2,3-4H3,(H,32,33)/b18-10-,23-7-,29-13?. The van der Waals surface area contributed by atoms with Gasteiger partial charge in [-0.1, -0.05) is 55.7 Å². The van der Waals surface area contributed by atoms with Crippen LogP contribution in [-0.4, -0.2) is 26.4 Å². The van der Waals surface area contributed by atoms with Crippen LogP contribution in [0.1, 0.15) is 29.4 Å². The summed E-state index contributed by atoms with van der Waals surface area (Å²) in [5.41, 5.74) is 6.88. The highest BCUT2D eigenvalue weighted by atomic mass is 19.1. The predicted molar refractivity (Wildman–Crippen MR) is 134 cm³/mol. The molecule has 2 N–H and O–H groups in total. The number of fused-ring (bicyclic) bond motifs is 1. The molecule has 4 aromatic rings. The zero-order chi connectivity index (χ0) is 23.4. The van der Waals surface area contributed by atoms with Crippen LogP contribution in [0.25, 0.3) is 33.6 Å². The Hall–Kier alpha value is -4.32. The Kier molecular flexibility index (Phi) is 6.26. The van der Waals surface area contributed by atoms with Gasteiger partial charge in [0, 0.05) is 28.4 Å². The lowest BCUT2D eigenvalue weighted by atomic mass is 9.97. The average Bonchev–Trinajstić information content (AvgIpc) is 3.41. The molecule has 0 aliphatic rings. The van der Waals surface area contributed by atoms with E-state index in [1.54, 1.807) is 36.7 Å². The van der Waals surface area contributed by atoms with E-state index in [1.807, 2.05) is 44.2 Å². The number of nitrogens with one attached hydrogen (secondary N) is 2. The van der Waals surface area contributed by atoms with Crippen molar-refractivity contribution < 1.29 is 4.39 Å². The van der Waals surface area contributed by atoms with E-state index in [-0.39, 0.29) is 5.82 Å². The molecule has 0 saturated carbocycles. The normalized spacial score (nSPS) is 12.6. The van der Waals surface area contributed by atoms with Gasteiger partial charge in [0.15, 0.2) is 0 Å². The first-order chi connectivity index (χ1) is 16.1. The zero-order valence-corrected chi connectivity index (χ0v) is 18.6. The second kappa shape index (κ2) is 9.44. The van der Waals surface area contributed by atoms with Crippen molar-refractivity contribution in [3.63, 3.8) is 0 Å². The number of H-pyrrole nitrogens is 2. The van der Waals surface area contributed by atoms with Gasteiger partial charge in [0.25, 0.3) is 0 Å². The van der Waals surface area contributed by atoms with Crippen molar-refractivity contribution in [2.75, 3.05) is 0 Å². The maximum absolute atomic E-state index is 14.6. The number of pyridine rings is 1. The molecule has 164 valence electrons. The molecule has 0 bridgehead atoms. The van der Waals surface area contributed by atoms with Crippen LogP contribution < -0.4 is 0 Å².